The lowest BCUT2D eigenvalue weighted by atomic mass is 10.0. The van der Waals surface area contributed by atoms with Crippen molar-refractivity contribution in [1.82, 2.24) is 19.4 Å². The van der Waals surface area contributed by atoms with Gasteiger partial charge in [0, 0.05) is 81.8 Å². The number of thioether (sulfide) groups is 2. The molecule has 4 heterocycles. The van der Waals surface area contributed by atoms with Crippen LogP contribution in [0.2, 0.25) is 5.02 Å². The van der Waals surface area contributed by atoms with Crippen molar-refractivity contribution in [3.63, 3.8) is 0 Å². The molecule has 0 spiro atoms. The lowest BCUT2D eigenvalue weighted by Gasteiger charge is -2.14. The number of aryl methyl sites for hydroxylation is 3. The third-order valence-corrected chi connectivity index (χ3v) is 11.1. The van der Waals surface area contributed by atoms with Crippen LogP contribution in [0.15, 0.2) is 64.2 Å². The Hall–Kier alpha value is -3.93. The second-order valence-electron chi connectivity index (χ2n) is 12.0. The van der Waals surface area contributed by atoms with Crippen molar-refractivity contribution in [3.05, 3.63) is 93.3 Å². The topological polar surface area (TPSA) is 84.9 Å². The fraction of sp³-hybridized carbons (Fsp3) is 0.306. The van der Waals surface area contributed by atoms with Crippen molar-refractivity contribution in [2.45, 2.75) is 42.1 Å². The molecule has 5 aromatic rings. The molecule has 2 aliphatic heterocycles. The summed E-state index contributed by atoms with van der Waals surface area (Å²) in [7, 11) is 3.75. The van der Waals surface area contributed by atoms with Crippen molar-refractivity contribution in [3.8, 4) is 5.75 Å². The Kier molecular flexibility index (Phi) is 9.44. The zero-order chi connectivity index (χ0) is 33.4. The first-order valence-electron chi connectivity index (χ1n) is 15.9. The van der Waals surface area contributed by atoms with Gasteiger partial charge in [0.1, 0.15) is 17.3 Å². The van der Waals surface area contributed by atoms with Gasteiger partial charge in [0.05, 0.1) is 17.8 Å². The fourth-order valence-electron chi connectivity index (χ4n) is 6.62. The molecule has 2 aromatic heterocycles. The van der Waals surface area contributed by atoms with E-state index in [-0.39, 0.29) is 11.5 Å². The SMILES string of the molecule is Cn1nc2cc1CSc1cc(c3ccc(F)cc3c1)OCCCc1c(C(=O)O)n(C)c3c(c(Cl)ccc13)/C=C1\CCCN1/N=C/CSC2. The van der Waals surface area contributed by atoms with E-state index in [1.165, 1.54) is 12.1 Å². The Morgan fingerprint density at radius 3 is 2.75 bits per heavy atom. The first-order valence-corrected chi connectivity index (χ1v) is 18.4. The number of aromatic nitrogens is 3. The van der Waals surface area contributed by atoms with E-state index in [4.69, 9.17) is 26.5 Å². The molecule has 8 nitrogen and oxygen atoms in total. The van der Waals surface area contributed by atoms with Gasteiger partial charge >= 0.3 is 5.97 Å². The molecule has 0 amide bonds. The van der Waals surface area contributed by atoms with E-state index in [0.29, 0.717) is 36.0 Å². The normalized spacial score (nSPS) is 17.9. The highest BCUT2D eigenvalue weighted by Crippen LogP contribution is 2.37. The van der Waals surface area contributed by atoms with Crippen molar-refractivity contribution in [2.24, 2.45) is 19.2 Å². The molecule has 8 bridgehead atoms. The number of benzene rings is 3. The van der Waals surface area contributed by atoms with Gasteiger partial charge in [0.15, 0.2) is 0 Å². The van der Waals surface area contributed by atoms with Crippen LogP contribution in [0.1, 0.15) is 52.3 Å². The minimum Gasteiger partial charge on any atom is -0.493 e. The summed E-state index contributed by atoms with van der Waals surface area (Å²) in [6.45, 7) is 1.17. The maximum absolute atomic E-state index is 14.3. The molecule has 12 heteroatoms. The van der Waals surface area contributed by atoms with Crippen molar-refractivity contribution in [1.29, 1.82) is 0 Å². The highest BCUT2D eigenvalue weighted by Gasteiger charge is 2.24. The van der Waals surface area contributed by atoms with E-state index in [2.05, 4.69) is 12.1 Å². The highest BCUT2D eigenvalue weighted by atomic mass is 35.5. The third kappa shape index (κ3) is 6.55. The molecule has 0 atom stereocenters. The number of hydrogen-bond donors (Lipinski definition) is 1. The van der Waals surface area contributed by atoms with Crippen LogP contribution in [0.4, 0.5) is 4.39 Å². The van der Waals surface area contributed by atoms with Crippen LogP contribution in [0.3, 0.4) is 0 Å². The first-order chi connectivity index (χ1) is 23.3. The smallest absolute Gasteiger partial charge is 0.352 e. The van der Waals surface area contributed by atoms with Gasteiger partial charge in [-0.2, -0.15) is 10.2 Å². The van der Waals surface area contributed by atoms with Crippen LogP contribution in [0, 0.1) is 5.82 Å². The van der Waals surface area contributed by atoms with E-state index in [0.717, 1.165) is 85.7 Å². The second kappa shape index (κ2) is 13.9. The predicted molar refractivity (Wildman–Crippen MR) is 194 cm³/mol. The molecule has 0 aliphatic carbocycles. The number of halogens is 2. The molecule has 0 saturated carbocycles. The summed E-state index contributed by atoms with van der Waals surface area (Å²) in [6, 6.07) is 14.6. The Bertz CT molecular complexity index is 2110. The van der Waals surface area contributed by atoms with Crippen LogP contribution >= 0.6 is 35.1 Å². The number of nitrogens with zero attached hydrogens (tertiary/aromatic N) is 5. The molecule has 7 rings (SSSR count). The van der Waals surface area contributed by atoms with Crippen LogP contribution in [-0.2, 0) is 32.0 Å². The second-order valence-corrected chi connectivity index (χ2v) is 14.5. The molecule has 0 unspecified atom stereocenters. The van der Waals surface area contributed by atoms with Gasteiger partial charge < -0.3 is 14.4 Å². The van der Waals surface area contributed by atoms with Crippen LogP contribution in [0.25, 0.3) is 27.8 Å². The molecular weight excluding hydrogens is 669 g/mol. The summed E-state index contributed by atoms with van der Waals surface area (Å²) in [4.78, 5) is 13.6. The van der Waals surface area contributed by atoms with E-state index < -0.39 is 5.97 Å². The van der Waals surface area contributed by atoms with Crippen LogP contribution < -0.4 is 4.74 Å². The van der Waals surface area contributed by atoms with Crippen LogP contribution in [-0.4, -0.2) is 55.6 Å². The van der Waals surface area contributed by atoms with Gasteiger partial charge in [-0.1, -0.05) is 17.7 Å². The van der Waals surface area contributed by atoms with Gasteiger partial charge in [-0.3, -0.25) is 9.69 Å². The zero-order valence-corrected chi connectivity index (χ0v) is 29.1. The first kappa shape index (κ1) is 32.6. The molecule has 0 radical (unpaired) electrons. The molecule has 1 N–H and O–H groups in total. The number of hydrogen-bond acceptors (Lipinski definition) is 7. The number of aromatic carboxylic acids is 1. The number of allylic oxidation sites excluding steroid dienone is 1. The summed E-state index contributed by atoms with van der Waals surface area (Å²) in [5.41, 5.74) is 5.73. The van der Waals surface area contributed by atoms with E-state index in [9.17, 15) is 14.3 Å². The number of carboxylic acids is 1. The molecule has 3 aromatic carbocycles. The van der Waals surface area contributed by atoms with E-state index in [1.807, 2.05) is 47.2 Å². The maximum atomic E-state index is 14.3. The molecular formula is C36H35ClFN5O3S2. The summed E-state index contributed by atoms with van der Waals surface area (Å²) < 4.78 is 24.3. The Balaban J connectivity index is 1.27. The van der Waals surface area contributed by atoms with Gasteiger partial charge in [0.25, 0.3) is 0 Å². The summed E-state index contributed by atoms with van der Waals surface area (Å²) >= 11 is 10.2. The van der Waals surface area contributed by atoms with E-state index in [1.54, 1.807) is 41.2 Å². The number of ether oxygens (including phenoxy) is 1. The lowest BCUT2D eigenvalue weighted by Crippen LogP contribution is -2.10. The molecule has 48 heavy (non-hydrogen) atoms. The van der Waals surface area contributed by atoms with Crippen LogP contribution in [0.5, 0.6) is 5.75 Å². The molecule has 1 saturated heterocycles. The Morgan fingerprint density at radius 2 is 1.90 bits per heavy atom. The number of hydrazone groups is 1. The third-order valence-electron chi connectivity index (χ3n) is 8.85. The predicted octanol–water partition coefficient (Wildman–Crippen LogP) is 8.53. The Labute approximate surface area is 291 Å². The van der Waals surface area contributed by atoms with Crippen molar-refractivity contribution < 1.29 is 19.0 Å². The number of rotatable bonds is 1. The maximum Gasteiger partial charge on any atom is 0.352 e. The zero-order valence-electron chi connectivity index (χ0n) is 26.7. The fourth-order valence-corrected chi connectivity index (χ4v) is 8.45. The van der Waals surface area contributed by atoms with Gasteiger partial charge in [-0.25, -0.2) is 9.18 Å². The minimum absolute atomic E-state index is 0.244. The number of carbonyl (C=O) groups is 1. The standard InChI is InChI=1S/C36H35ClFN5O3S2/c1-41-34-30-9-10-32(37)31(34)18-25-5-3-12-43(25)39-11-14-47-20-24-17-26(42(2)40-24)21-48-27-16-22-15-23(38)7-8-28(22)33(19-27)46-13-4-6-29(30)35(41)36(44)45/h7-11,15-19H,3-6,12-14,20-21H2,1-2H3,(H,44,45)/b25-18+,39-11+. The summed E-state index contributed by atoms with van der Waals surface area (Å²) in [5, 5.41) is 24.9. The molecule has 1 fully saturated rings. The van der Waals surface area contributed by atoms with Gasteiger partial charge in [-0.15, -0.1) is 23.5 Å². The van der Waals surface area contributed by atoms with Gasteiger partial charge in [0.2, 0.25) is 0 Å². The average molecular weight is 704 g/mol. The summed E-state index contributed by atoms with van der Waals surface area (Å²) in [6.07, 6.45) is 6.91. The van der Waals surface area contributed by atoms with E-state index >= 15 is 0 Å². The quantitative estimate of drug-likeness (QED) is 0.187. The average Bonchev–Trinajstić information content (AvgIpc) is 3.73. The largest absolute Gasteiger partial charge is 0.493 e. The van der Waals surface area contributed by atoms with Crippen molar-refractivity contribution >= 4 is 75.1 Å². The molecule has 248 valence electrons. The monoisotopic (exact) mass is 703 g/mol. The lowest BCUT2D eigenvalue weighted by molar-refractivity contribution is 0.0685. The number of carboxylic acid groups (broad SMARTS) is 1. The Morgan fingerprint density at radius 1 is 1.04 bits per heavy atom. The highest BCUT2D eigenvalue weighted by molar-refractivity contribution is 7.99. The van der Waals surface area contributed by atoms with Crippen molar-refractivity contribution in [2.75, 3.05) is 18.9 Å². The summed E-state index contributed by atoms with van der Waals surface area (Å²) in [5.74, 6) is 1.58. The molecule has 2 aliphatic rings. The van der Waals surface area contributed by atoms with Gasteiger partial charge in [-0.05, 0) is 85.2 Å². The number of fused-ring (bicyclic) bond motifs is 7. The minimum atomic E-state index is -0.987.